The summed E-state index contributed by atoms with van der Waals surface area (Å²) in [4.78, 5) is 10.7. The summed E-state index contributed by atoms with van der Waals surface area (Å²) >= 11 is 0. The minimum Gasteiger partial charge on any atom is -0.493 e. The lowest BCUT2D eigenvalue weighted by atomic mass is 9.90. The van der Waals surface area contributed by atoms with E-state index in [1.807, 2.05) is 0 Å². The van der Waals surface area contributed by atoms with Crippen LogP contribution in [0.3, 0.4) is 0 Å². The van der Waals surface area contributed by atoms with E-state index in [9.17, 15) is 4.79 Å². The second-order valence-electron chi connectivity index (χ2n) is 9.43. The molecule has 3 nitrogen and oxygen atoms in total. The number of hydrogen-bond donors (Lipinski definition) is 1. The summed E-state index contributed by atoms with van der Waals surface area (Å²) in [5, 5.41) is 8.78. The standard InChI is InChI=1S/C29H42O3/c1-6-10-25(20-27-15-14-21(2)22(3)17-27)12-9-16-32-29-23(4)18-26(19-24(29)5)11-7-8-13-28(30)31/h14-15,17-19,25H,6-13,16,20H2,1-5H3,(H,30,31). The van der Waals surface area contributed by atoms with Crippen LogP contribution in [0.4, 0.5) is 0 Å². The van der Waals surface area contributed by atoms with Gasteiger partial charge in [0.1, 0.15) is 5.75 Å². The SMILES string of the molecule is CCCC(CCCOc1c(C)cc(CCCCC(=O)O)cc1C)Cc1ccc(C)c(C)c1. The maximum absolute atomic E-state index is 10.7. The summed E-state index contributed by atoms with van der Waals surface area (Å²) in [6, 6.07) is 11.3. The molecule has 0 aliphatic heterocycles. The van der Waals surface area contributed by atoms with Crippen molar-refractivity contribution in [1.82, 2.24) is 0 Å². The maximum Gasteiger partial charge on any atom is 0.303 e. The van der Waals surface area contributed by atoms with Gasteiger partial charge in [-0.25, -0.2) is 0 Å². The van der Waals surface area contributed by atoms with E-state index in [0.717, 1.165) is 44.5 Å². The number of unbranched alkanes of at least 4 members (excludes halogenated alkanes) is 1. The van der Waals surface area contributed by atoms with Crippen LogP contribution < -0.4 is 4.74 Å². The smallest absolute Gasteiger partial charge is 0.303 e. The molecule has 0 aromatic heterocycles. The fourth-order valence-corrected chi connectivity index (χ4v) is 4.58. The number of hydrogen-bond acceptors (Lipinski definition) is 2. The molecule has 2 aromatic carbocycles. The molecule has 0 fully saturated rings. The van der Waals surface area contributed by atoms with Gasteiger partial charge in [-0.1, -0.05) is 50.1 Å². The molecule has 3 heteroatoms. The molecule has 2 rings (SSSR count). The summed E-state index contributed by atoms with van der Waals surface area (Å²) in [5.74, 6) is 1.01. The average molecular weight is 439 g/mol. The molecule has 176 valence electrons. The monoisotopic (exact) mass is 438 g/mol. The van der Waals surface area contributed by atoms with Crippen LogP contribution in [0, 0.1) is 33.6 Å². The molecular weight excluding hydrogens is 396 g/mol. The lowest BCUT2D eigenvalue weighted by Crippen LogP contribution is -2.09. The maximum atomic E-state index is 10.7. The number of carboxylic acid groups (broad SMARTS) is 1. The van der Waals surface area contributed by atoms with Crippen LogP contribution in [0.2, 0.25) is 0 Å². The number of benzene rings is 2. The van der Waals surface area contributed by atoms with Crippen molar-refractivity contribution in [2.75, 3.05) is 6.61 Å². The number of ether oxygens (including phenoxy) is 1. The molecule has 0 amide bonds. The fraction of sp³-hybridized carbons (Fsp3) is 0.552. The largest absolute Gasteiger partial charge is 0.493 e. The van der Waals surface area contributed by atoms with Crippen molar-refractivity contribution in [3.63, 3.8) is 0 Å². The highest BCUT2D eigenvalue weighted by Crippen LogP contribution is 2.27. The van der Waals surface area contributed by atoms with Crippen LogP contribution in [0.15, 0.2) is 30.3 Å². The zero-order valence-electron chi connectivity index (χ0n) is 20.8. The summed E-state index contributed by atoms with van der Waals surface area (Å²) in [6.07, 6.45) is 8.73. The van der Waals surface area contributed by atoms with Crippen molar-refractivity contribution < 1.29 is 14.6 Å². The fourth-order valence-electron chi connectivity index (χ4n) is 4.58. The predicted molar refractivity (Wildman–Crippen MR) is 134 cm³/mol. The molecule has 0 aliphatic carbocycles. The van der Waals surface area contributed by atoms with Gasteiger partial charge in [-0.3, -0.25) is 4.79 Å². The Kier molecular flexibility index (Phi) is 10.8. The van der Waals surface area contributed by atoms with Crippen molar-refractivity contribution in [2.24, 2.45) is 5.92 Å². The van der Waals surface area contributed by atoms with Gasteiger partial charge < -0.3 is 9.84 Å². The lowest BCUT2D eigenvalue weighted by Gasteiger charge is -2.18. The molecular formula is C29H42O3. The van der Waals surface area contributed by atoms with E-state index < -0.39 is 5.97 Å². The first-order chi connectivity index (χ1) is 15.3. The summed E-state index contributed by atoms with van der Waals surface area (Å²) in [6.45, 7) is 11.6. The van der Waals surface area contributed by atoms with Crippen molar-refractivity contribution >= 4 is 5.97 Å². The Morgan fingerprint density at radius 3 is 2.19 bits per heavy atom. The van der Waals surface area contributed by atoms with Gasteiger partial charge in [0.25, 0.3) is 0 Å². The molecule has 0 aliphatic rings. The Balaban J connectivity index is 1.84. The summed E-state index contributed by atoms with van der Waals surface area (Å²) in [5.41, 5.74) is 7.84. The van der Waals surface area contributed by atoms with Crippen LogP contribution >= 0.6 is 0 Å². The molecule has 2 aromatic rings. The van der Waals surface area contributed by atoms with Crippen LogP contribution in [0.25, 0.3) is 0 Å². The Hall–Kier alpha value is -2.29. The third-order valence-corrected chi connectivity index (χ3v) is 6.42. The molecule has 0 saturated heterocycles. The summed E-state index contributed by atoms with van der Waals surface area (Å²) in [7, 11) is 0. The zero-order valence-corrected chi connectivity index (χ0v) is 20.8. The van der Waals surface area contributed by atoms with Crippen molar-refractivity contribution in [2.45, 2.75) is 92.4 Å². The number of rotatable bonds is 14. The second-order valence-corrected chi connectivity index (χ2v) is 9.43. The molecule has 0 heterocycles. The summed E-state index contributed by atoms with van der Waals surface area (Å²) < 4.78 is 6.22. The van der Waals surface area contributed by atoms with E-state index in [1.54, 1.807) is 0 Å². The normalized spacial score (nSPS) is 12.0. The number of carboxylic acids is 1. The topological polar surface area (TPSA) is 46.5 Å². The number of carbonyl (C=O) groups is 1. The van der Waals surface area contributed by atoms with Gasteiger partial charge in [0.05, 0.1) is 6.61 Å². The van der Waals surface area contributed by atoms with E-state index in [2.05, 4.69) is 65.0 Å². The average Bonchev–Trinajstić information content (AvgIpc) is 2.72. The molecule has 0 bridgehead atoms. The third kappa shape index (κ3) is 8.68. The van der Waals surface area contributed by atoms with Gasteiger partial charge in [0.15, 0.2) is 0 Å². The van der Waals surface area contributed by atoms with E-state index in [0.29, 0.717) is 5.92 Å². The molecule has 0 saturated carbocycles. The van der Waals surface area contributed by atoms with Gasteiger partial charge in [-0.15, -0.1) is 0 Å². The number of aryl methyl sites for hydroxylation is 5. The first-order valence-electron chi connectivity index (χ1n) is 12.3. The minimum atomic E-state index is -0.712. The lowest BCUT2D eigenvalue weighted by molar-refractivity contribution is -0.137. The van der Waals surface area contributed by atoms with E-state index in [-0.39, 0.29) is 6.42 Å². The van der Waals surface area contributed by atoms with Crippen molar-refractivity contribution in [3.05, 3.63) is 63.7 Å². The second kappa shape index (κ2) is 13.3. The van der Waals surface area contributed by atoms with E-state index in [1.165, 1.54) is 52.6 Å². The molecule has 1 unspecified atom stereocenters. The van der Waals surface area contributed by atoms with Crippen LogP contribution in [0.5, 0.6) is 5.75 Å². The van der Waals surface area contributed by atoms with Gasteiger partial charge in [0, 0.05) is 6.42 Å². The Morgan fingerprint density at radius 2 is 1.56 bits per heavy atom. The quantitative estimate of drug-likeness (QED) is 0.310. The van der Waals surface area contributed by atoms with Gasteiger partial charge in [-0.05, 0) is 106 Å². The van der Waals surface area contributed by atoms with E-state index in [4.69, 9.17) is 9.84 Å². The molecule has 1 N–H and O–H groups in total. The van der Waals surface area contributed by atoms with E-state index >= 15 is 0 Å². The van der Waals surface area contributed by atoms with Crippen LogP contribution in [-0.2, 0) is 17.6 Å². The van der Waals surface area contributed by atoms with Crippen LogP contribution in [-0.4, -0.2) is 17.7 Å². The van der Waals surface area contributed by atoms with Gasteiger partial charge in [-0.2, -0.15) is 0 Å². The highest BCUT2D eigenvalue weighted by Gasteiger charge is 2.11. The highest BCUT2D eigenvalue weighted by molar-refractivity contribution is 5.66. The Bertz CT molecular complexity index is 846. The Labute approximate surface area is 195 Å². The predicted octanol–water partition coefficient (Wildman–Crippen LogP) is 7.54. The molecule has 0 radical (unpaired) electrons. The number of aliphatic carboxylic acids is 1. The van der Waals surface area contributed by atoms with Crippen LogP contribution in [0.1, 0.15) is 85.3 Å². The first-order valence-corrected chi connectivity index (χ1v) is 12.3. The van der Waals surface area contributed by atoms with Crippen molar-refractivity contribution in [1.29, 1.82) is 0 Å². The van der Waals surface area contributed by atoms with Gasteiger partial charge >= 0.3 is 5.97 Å². The molecule has 32 heavy (non-hydrogen) atoms. The minimum absolute atomic E-state index is 0.252. The third-order valence-electron chi connectivity index (χ3n) is 6.42. The molecule has 1 atom stereocenters. The van der Waals surface area contributed by atoms with Crippen molar-refractivity contribution in [3.8, 4) is 5.75 Å². The van der Waals surface area contributed by atoms with Gasteiger partial charge in [0.2, 0.25) is 0 Å². The highest BCUT2D eigenvalue weighted by atomic mass is 16.5. The molecule has 0 spiro atoms. The Morgan fingerprint density at radius 1 is 0.875 bits per heavy atom. The zero-order chi connectivity index (χ0) is 23.5. The first kappa shape index (κ1) is 26.0.